The highest BCUT2D eigenvalue weighted by molar-refractivity contribution is 6.32. The lowest BCUT2D eigenvalue weighted by molar-refractivity contribution is -0.123. The van der Waals surface area contributed by atoms with Gasteiger partial charge in [-0.2, -0.15) is 0 Å². The first-order valence-corrected chi connectivity index (χ1v) is 8.66. The van der Waals surface area contributed by atoms with Crippen molar-refractivity contribution in [3.63, 3.8) is 0 Å². The minimum atomic E-state index is -0.230. The van der Waals surface area contributed by atoms with E-state index in [0.29, 0.717) is 18.1 Å². The van der Waals surface area contributed by atoms with Crippen LogP contribution in [0.15, 0.2) is 24.3 Å². The average molecular weight is 348 g/mol. The molecule has 130 valence electrons. The zero-order chi connectivity index (χ0) is 17.9. The molecule has 2 aromatic rings. The Bertz CT molecular complexity index is 737. The number of pyridine rings is 1. The fraction of sp³-hybridized carbons (Fsp3) is 0.474. The number of aryl methyl sites for hydroxylation is 1. The van der Waals surface area contributed by atoms with Crippen LogP contribution in [0.1, 0.15) is 39.0 Å². The van der Waals surface area contributed by atoms with Crippen LogP contribution in [0.25, 0.3) is 10.9 Å². The minimum absolute atomic E-state index is 0.0120. The molecular formula is C19H26ClN3O. The van der Waals surface area contributed by atoms with E-state index in [1.54, 1.807) is 0 Å². The van der Waals surface area contributed by atoms with Crippen LogP contribution in [0.3, 0.4) is 0 Å². The fourth-order valence-corrected chi connectivity index (χ4v) is 2.88. The van der Waals surface area contributed by atoms with Crippen molar-refractivity contribution < 1.29 is 4.79 Å². The summed E-state index contributed by atoms with van der Waals surface area (Å²) in [6, 6.07) is 7.98. The molecule has 1 aromatic carbocycles. The first kappa shape index (κ1) is 18.7. The van der Waals surface area contributed by atoms with E-state index < -0.39 is 0 Å². The molecule has 0 bridgehead atoms. The number of hydrogen-bond donors (Lipinski definition) is 1. The van der Waals surface area contributed by atoms with Crippen molar-refractivity contribution in [2.24, 2.45) is 0 Å². The molecule has 24 heavy (non-hydrogen) atoms. The van der Waals surface area contributed by atoms with Gasteiger partial charge in [-0.25, -0.2) is 4.98 Å². The lowest BCUT2D eigenvalue weighted by Crippen LogP contribution is -2.45. The van der Waals surface area contributed by atoms with Gasteiger partial charge in [0.05, 0.1) is 22.8 Å². The summed E-state index contributed by atoms with van der Waals surface area (Å²) in [5.41, 5.74) is 2.56. The number of para-hydroxylation sites is 1. The molecule has 0 aliphatic heterocycles. The van der Waals surface area contributed by atoms with Crippen molar-refractivity contribution in [1.29, 1.82) is 0 Å². The topological polar surface area (TPSA) is 45.2 Å². The Morgan fingerprint density at radius 3 is 2.58 bits per heavy atom. The number of aromatic nitrogens is 1. The third kappa shape index (κ3) is 4.68. The maximum Gasteiger partial charge on any atom is 0.234 e. The van der Waals surface area contributed by atoms with E-state index in [9.17, 15) is 4.79 Å². The third-order valence-corrected chi connectivity index (χ3v) is 4.35. The van der Waals surface area contributed by atoms with E-state index in [1.807, 2.05) is 63.8 Å². The second-order valence-corrected chi connectivity index (χ2v) is 7.49. The van der Waals surface area contributed by atoms with Crippen molar-refractivity contribution in [3.8, 4) is 0 Å². The van der Waals surface area contributed by atoms with E-state index >= 15 is 0 Å². The zero-order valence-electron chi connectivity index (χ0n) is 15.1. The Morgan fingerprint density at radius 1 is 1.29 bits per heavy atom. The van der Waals surface area contributed by atoms with E-state index in [4.69, 9.17) is 16.6 Å². The quantitative estimate of drug-likeness (QED) is 0.891. The Kier molecular flexibility index (Phi) is 5.83. The SMILES string of the molecule is CCN(CC(=O)NC(C)(C)C)Cc1nc2ccccc2c(C)c1Cl. The molecule has 0 aliphatic carbocycles. The average Bonchev–Trinajstić information content (AvgIpc) is 2.49. The molecule has 1 N–H and O–H groups in total. The van der Waals surface area contributed by atoms with Crippen molar-refractivity contribution >= 4 is 28.4 Å². The van der Waals surface area contributed by atoms with Gasteiger partial charge >= 0.3 is 0 Å². The van der Waals surface area contributed by atoms with Crippen LogP contribution < -0.4 is 5.32 Å². The van der Waals surface area contributed by atoms with E-state index in [0.717, 1.165) is 28.7 Å². The fourth-order valence-electron chi connectivity index (χ4n) is 2.67. The van der Waals surface area contributed by atoms with Gasteiger partial charge in [-0.3, -0.25) is 9.69 Å². The Hall–Kier alpha value is -1.65. The summed E-state index contributed by atoms with van der Waals surface area (Å²) in [4.78, 5) is 18.9. The molecule has 0 saturated carbocycles. The van der Waals surface area contributed by atoms with Crippen LogP contribution in [-0.2, 0) is 11.3 Å². The Labute approximate surface area is 149 Å². The van der Waals surface area contributed by atoms with Gasteiger partial charge < -0.3 is 5.32 Å². The maximum atomic E-state index is 12.2. The minimum Gasteiger partial charge on any atom is -0.350 e. The van der Waals surface area contributed by atoms with Gasteiger partial charge in [-0.15, -0.1) is 0 Å². The van der Waals surface area contributed by atoms with Crippen LogP contribution in [0, 0.1) is 6.92 Å². The Balaban J connectivity index is 2.20. The number of hydrogen-bond acceptors (Lipinski definition) is 3. The van der Waals surface area contributed by atoms with E-state index in [2.05, 4.69) is 5.32 Å². The maximum absolute atomic E-state index is 12.2. The molecule has 2 rings (SSSR count). The van der Waals surface area contributed by atoms with Gasteiger partial charge in [-0.05, 0) is 45.9 Å². The molecule has 0 saturated heterocycles. The molecule has 0 fully saturated rings. The summed E-state index contributed by atoms with van der Waals surface area (Å²) in [7, 11) is 0. The number of nitrogens with one attached hydrogen (secondary N) is 1. The number of halogens is 1. The van der Waals surface area contributed by atoms with Crippen LogP contribution in [0.5, 0.6) is 0 Å². The molecule has 1 amide bonds. The van der Waals surface area contributed by atoms with Crippen LogP contribution in [0.2, 0.25) is 5.02 Å². The number of benzene rings is 1. The second kappa shape index (κ2) is 7.49. The first-order valence-electron chi connectivity index (χ1n) is 8.28. The molecule has 5 heteroatoms. The second-order valence-electron chi connectivity index (χ2n) is 7.12. The summed E-state index contributed by atoms with van der Waals surface area (Å²) < 4.78 is 0. The normalized spacial score (nSPS) is 12.0. The van der Waals surface area contributed by atoms with Gasteiger partial charge in [0.25, 0.3) is 0 Å². The number of amides is 1. The smallest absolute Gasteiger partial charge is 0.234 e. The van der Waals surface area contributed by atoms with Gasteiger partial charge in [0.1, 0.15) is 0 Å². The van der Waals surface area contributed by atoms with Crippen molar-refractivity contribution in [1.82, 2.24) is 15.2 Å². The number of carbonyl (C=O) groups is 1. The zero-order valence-corrected chi connectivity index (χ0v) is 15.9. The summed E-state index contributed by atoms with van der Waals surface area (Å²) in [5.74, 6) is 0.0120. The number of rotatable bonds is 5. The highest BCUT2D eigenvalue weighted by atomic mass is 35.5. The molecule has 0 aliphatic rings. The number of fused-ring (bicyclic) bond motifs is 1. The first-order chi connectivity index (χ1) is 11.2. The van der Waals surface area contributed by atoms with Crippen molar-refractivity contribution in [3.05, 3.63) is 40.5 Å². The third-order valence-electron chi connectivity index (χ3n) is 3.85. The summed E-state index contributed by atoms with van der Waals surface area (Å²) in [6.45, 7) is 11.6. The van der Waals surface area contributed by atoms with E-state index in [1.165, 1.54) is 0 Å². The molecule has 0 atom stereocenters. The van der Waals surface area contributed by atoms with Gasteiger partial charge in [-0.1, -0.05) is 36.7 Å². The molecule has 1 heterocycles. The number of carbonyl (C=O) groups excluding carboxylic acids is 1. The number of likely N-dealkylation sites (N-methyl/N-ethyl adjacent to an activating group) is 1. The van der Waals surface area contributed by atoms with Gasteiger partial charge in [0.15, 0.2) is 0 Å². The monoisotopic (exact) mass is 347 g/mol. The van der Waals surface area contributed by atoms with Crippen LogP contribution in [-0.4, -0.2) is 34.4 Å². The predicted octanol–water partition coefficient (Wildman–Crippen LogP) is 3.93. The van der Waals surface area contributed by atoms with Gasteiger partial charge in [0.2, 0.25) is 5.91 Å². The lowest BCUT2D eigenvalue weighted by Gasteiger charge is -2.25. The van der Waals surface area contributed by atoms with Crippen molar-refractivity contribution in [2.75, 3.05) is 13.1 Å². The molecule has 0 unspecified atom stereocenters. The highest BCUT2D eigenvalue weighted by Gasteiger charge is 2.18. The number of nitrogens with zero attached hydrogens (tertiary/aromatic N) is 2. The Morgan fingerprint density at radius 2 is 1.96 bits per heavy atom. The molecule has 4 nitrogen and oxygen atoms in total. The predicted molar refractivity (Wildman–Crippen MR) is 100 cm³/mol. The standard InChI is InChI=1S/C19H26ClN3O/c1-6-23(12-17(24)22-19(3,4)5)11-16-18(20)13(2)14-9-7-8-10-15(14)21-16/h7-10H,6,11-12H2,1-5H3,(H,22,24). The van der Waals surface area contributed by atoms with Crippen molar-refractivity contribution in [2.45, 2.75) is 46.7 Å². The molecule has 0 radical (unpaired) electrons. The largest absolute Gasteiger partial charge is 0.350 e. The summed E-state index contributed by atoms with van der Waals surface area (Å²) in [5, 5.41) is 4.74. The molecule has 0 spiro atoms. The lowest BCUT2D eigenvalue weighted by atomic mass is 10.1. The van der Waals surface area contributed by atoms with Crippen LogP contribution >= 0.6 is 11.6 Å². The highest BCUT2D eigenvalue weighted by Crippen LogP contribution is 2.27. The molecule has 1 aromatic heterocycles. The summed E-state index contributed by atoms with van der Waals surface area (Å²) >= 11 is 6.53. The van der Waals surface area contributed by atoms with Gasteiger partial charge in [0, 0.05) is 17.5 Å². The molecular weight excluding hydrogens is 322 g/mol. The van der Waals surface area contributed by atoms with Crippen LogP contribution in [0.4, 0.5) is 0 Å². The van der Waals surface area contributed by atoms with E-state index in [-0.39, 0.29) is 11.4 Å². The summed E-state index contributed by atoms with van der Waals surface area (Å²) in [6.07, 6.45) is 0.